The molecule has 6 nitrogen and oxygen atoms in total. The molecule has 8 heteroatoms. The number of esters is 1. The van der Waals surface area contributed by atoms with Crippen LogP contribution in [0.4, 0.5) is 0 Å². The van der Waals surface area contributed by atoms with Gasteiger partial charge in [0.1, 0.15) is 0 Å². The number of aryl methyl sites for hydroxylation is 1. The van der Waals surface area contributed by atoms with Gasteiger partial charge in [-0.1, -0.05) is 0 Å². The fourth-order valence-corrected chi connectivity index (χ4v) is 8.32. The zero-order valence-corrected chi connectivity index (χ0v) is 19.4. The van der Waals surface area contributed by atoms with Crippen molar-refractivity contribution in [2.45, 2.75) is 17.9 Å². The first kappa shape index (κ1) is 22.4. The molecular weight excluding hydrogens is 519 g/mol. The van der Waals surface area contributed by atoms with Crippen LogP contribution in [0.25, 0.3) is 0 Å². The van der Waals surface area contributed by atoms with Crippen LogP contribution in [-0.4, -0.2) is 21.5 Å². The Bertz CT molecular complexity index is 1070. The first-order valence-corrected chi connectivity index (χ1v) is 13.2. The summed E-state index contributed by atoms with van der Waals surface area (Å²) in [7, 11) is -2.84. The number of ether oxygens (including phenoxy) is 1. The van der Waals surface area contributed by atoms with E-state index in [1.54, 1.807) is 66.7 Å². The van der Waals surface area contributed by atoms with Gasteiger partial charge in [-0.05, 0) is 0 Å². The van der Waals surface area contributed by atoms with Crippen molar-refractivity contribution in [3.63, 3.8) is 0 Å². The van der Waals surface area contributed by atoms with Crippen molar-refractivity contribution in [2.75, 3.05) is 7.11 Å². The molecule has 0 spiro atoms. The van der Waals surface area contributed by atoms with Gasteiger partial charge in [0.15, 0.2) is 0 Å². The van der Waals surface area contributed by atoms with E-state index in [9.17, 15) is 13.2 Å². The molecule has 0 aromatic heterocycles. The number of halogens is 1. The Labute approximate surface area is 184 Å². The van der Waals surface area contributed by atoms with Gasteiger partial charge in [-0.15, -0.1) is 0 Å². The van der Waals surface area contributed by atoms with Crippen LogP contribution in [0, 0.1) is 10.5 Å². The Hall–Kier alpha value is -2.27. The number of rotatable bonds is 8. The molecule has 0 amide bonds. The van der Waals surface area contributed by atoms with Crippen molar-refractivity contribution in [1.29, 1.82) is 0 Å². The third-order valence-electron chi connectivity index (χ3n) is 4.05. The van der Waals surface area contributed by atoms with Gasteiger partial charge in [-0.3, -0.25) is 0 Å². The molecule has 0 aliphatic heterocycles. The second-order valence-corrected chi connectivity index (χ2v) is 11.8. The van der Waals surface area contributed by atoms with Gasteiger partial charge in [0.05, 0.1) is 0 Å². The van der Waals surface area contributed by atoms with Crippen molar-refractivity contribution < 1.29 is 23.5 Å². The first-order valence-electron chi connectivity index (χ1n) is 8.97. The molecule has 0 saturated carbocycles. The summed E-state index contributed by atoms with van der Waals surface area (Å²) in [6, 6.07) is 23.9. The molecule has 0 N–H and O–H groups in total. The number of hydrogen-bond acceptors (Lipinski definition) is 6. The van der Waals surface area contributed by atoms with Gasteiger partial charge in [0.25, 0.3) is 0 Å². The summed E-state index contributed by atoms with van der Waals surface area (Å²) in [6.07, 6.45) is -1.10. The van der Waals surface area contributed by atoms with E-state index in [0.29, 0.717) is 9.13 Å². The number of carbonyl (C=O) groups excluding carboxylic acids is 1. The molecule has 0 fully saturated rings. The summed E-state index contributed by atoms with van der Waals surface area (Å²) in [4.78, 5) is 12.5. The van der Waals surface area contributed by atoms with E-state index in [-0.39, 0.29) is 4.90 Å². The van der Waals surface area contributed by atoms with Gasteiger partial charge in [-0.25, -0.2) is 0 Å². The van der Waals surface area contributed by atoms with Gasteiger partial charge in [-0.2, -0.15) is 0 Å². The summed E-state index contributed by atoms with van der Waals surface area (Å²) in [5, 5.41) is 0. The second kappa shape index (κ2) is 10.2. The number of hydrogen-bond donors (Lipinski definition) is 0. The van der Waals surface area contributed by atoms with E-state index < -0.39 is 42.8 Å². The summed E-state index contributed by atoms with van der Waals surface area (Å²) in [5.74, 6) is -0.629. The normalized spacial score (nSPS) is 12.8. The van der Waals surface area contributed by atoms with E-state index in [0.717, 1.165) is 5.56 Å². The molecule has 0 radical (unpaired) electrons. The standard InChI is InChI=1S/C22H21IO6S/c1-17-13-15-20(16-14-17)30(25,26)29-23(19-11-7-4-8-12-19)28-21(22(24)27-2)18-9-5-3-6-10-18/h3-16,21H,1-2H3/t21-/m1/s1. The number of benzene rings is 3. The van der Waals surface area contributed by atoms with Crippen LogP contribution in [0.15, 0.2) is 89.8 Å². The first-order chi connectivity index (χ1) is 14.4. The van der Waals surface area contributed by atoms with E-state index in [1.165, 1.54) is 19.2 Å². The van der Waals surface area contributed by atoms with Gasteiger partial charge >= 0.3 is 185 Å². The second-order valence-electron chi connectivity index (χ2n) is 6.25. The van der Waals surface area contributed by atoms with E-state index in [2.05, 4.69) is 0 Å². The van der Waals surface area contributed by atoms with Crippen molar-refractivity contribution in [2.24, 2.45) is 0 Å². The SMILES string of the molecule is COC(=O)[C@H](OI(OS(=O)(=O)c1ccc(C)cc1)c1ccccc1)c1ccccc1. The van der Waals surface area contributed by atoms with Gasteiger partial charge in [0, 0.05) is 0 Å². The van der Waals surface area contributed by atoms with Crippen molar-refractivity contribution in [3.8, 4) is 0 Å². The predicted octanol–water partition coefficient (Wildman–Crippen LogP) is 4.84. The van der Waals surface area contributed by atoms with Crippen molar-refractivity contribution in [3.05, 3.63) is 99.6 Å². The summed E-state index contributed by atoms with van der Waals surface area (Å²) in [6.45, 7) is 1.86. The molecule has 0 saturated heterocycles. The van der Waals surface area contributed by atoms with Crippen molar-refractivity contribution >= 4 is 36.7 Å². The van der Waals surface area contributed by atoms with Gasteiger partial charge < -0.3 is 0 Å². The monoisotopic (exact) mass is 540 g/mol. The van der Waals surface area contributed by atoms with Crippen LogP contribution in [0.3, 0.4) is 0 Å². The maximum absolute atomic E-state index is 12.9. The summed E-state index contributed by atoms with van der Waals surface area (Å²) in [5.41, 5.74) is 1.48. The molecule has 0 aliphatic rings. The fraction of sp³-hybridized carbons (Fsp3) is 0.136. The molecule has 158 valence electrons. The van der Waals surface area contributed by atoms with Crippen LogP contribution in [0.5, 0.6) is 0 Å². The van der Waals surface area contributed by atoms with Crippen LogP contribution < -0.4 is 0 Å². The minimum atomic E-state index is -4.09. The molecule has 0 aliphatic carbocycles. The third-order valence-corrected chi connectivity index (χ3v) is 10.3. The Kier molecular flexibility index (Phi) is 7.59. The van der Waals surface area contributed by atoms with E-state index >= 15 is 0 Å². The van der Waals surface area contributed by atoms with Crippen LogP contribution in [0.1, 0.15) is 17.2 Å². The van der Waals surface area contributed by atoms with Crippen LogP contribution in [0.2, 0.25) is 0 Å². The molecule has 0 bridgehead atoms. The van der Waals surface area contributed by atoms with Gasteiger partial charge in [0.2, 0.25) is 0 Å². The zero-order valence-electron chi connectivity index (χ0n) is 16.4. The molecule has 1 atom stereocenters. The van der Waals surface area contributed by atoms with E-state index in [4.69, 9.17) is 10.3 Å². The molecular formula is C22H21IO6S. The van der Waals surface area contributed by atoms with Crippen LogP contribution >= 0.6 is 20.6 Å². The quantitative estimate of drug-likeness (QED) is 0.301. The Morgan fingerprint density at radius 2 is 1.43 bits per heavy atom. The molecule has 0 heterocycles. The number of methoxy groups -OCH3 is 1. The average Bonchev–Trinajstić information content (AvgIpc) is 2.77. The third kappa shape index (κ3) is 5.66. The average molecular weight is 540 g/mol. The Morgan fingerprint density at radius 1 is 0.867 bits per heavy atom. The molecule has 0 unspecified atom stereocenters. The Balaban J connectivity index is 1.96. The zero-order chi connectivity index (χ0) is 21.6. The topological polar surface area (TPSA) is 78.9 Å². The Morgan fingerprint density at radius 3 is 2.00 bits per heavy atom. The summed E-state index contributed by atoms with van der Waals surface area (Å²) < 4.78 is 42.9. The molecule has 30 heavy (non-hydrogen) atoms. The minimum absolute atomic E-state index is 0.0317. The van der Waals surface area contributed by atoms with Crippen LogP contribution in [-0.2, 0) is 25.2 Å². The molecule has 3 aromatic carbocycles. The molecule has 3 aromatic rings. The molecule has 3 rings (SSSR count). The predicted molar refractivity (Wildman–Crippen MR) is 121 cm³/mol. The van der Waals surface area contributed by atoms with Crippen molar-refractivity contribution in [1.82, 2.24) is 0 Å². The fourth-order valence-electron chi connectivity index (χ4n) is 2.48. The van der Waals surface area contributed by atoms with E-state index in [1.807, 2.05) is 13.0 Å². The number of carbonyl (C=O) groups is 1. The maximum atomic E-state index is 12.9. The summed E-state index contributed by atoms with van der Waals surface area (Å²) >= 11 is -3.31.